The second-order valence-corrected chi connectivity index (χ2v) is 41.3. The number of fused-ring (bicyclic) bond motifs is 3. The first-order valence-electron chi connectivity index (χ1n) is 30.4. The number of rotatable bonds is 25. The Labute approximate surface area is 470 Å². The van der Waals surface area contributed by atoms with Crippen LogP contribution in [0.1, 0.15) is 136 Å². The topological polar surface area (TPSA) is 173 Å². The minimum absolute atomic E-state index is 0.0431. The van der Waals surface area contributed by atoms with E-state index in [9.17, 15) is 19.8 Å². The van der Waals surface area contributed by atoms with Crippen molar-refractivity contribution in [3.05, 3.63) is 60.8 Å². The van der Waals surface area contributed by atoms with Gasteiger partial charge >= 0.3 is 11.9 Å². The van der Waals surface area contributed by atoms with Gasteiger partial charge in [-0.25, -0.2) is 4.79 Å². The molecule has 3 fully saturated rings. The number of carbonyl (C=O) groups excluding carboxylic acids is 1. The van der Waals surface area contributed by atoms with E-state index in [0.29, 0.717) is 19.4 Å². The van der Waals surface area contributed by atoms with Crippen molar-refractivity contribution in [1.29, 1.82) is 0 Å². The first kappa shape index (κ1) is 67.6. The predicted molar refractivity (Wildman–Crippen MR) is 319 cm³/mol. The molecule has 0 aromatic heterocycles. The molecule has 3 saturated heterocycles. The van der Waals surface area contributed by atoms with Crippen molar-refractivity contribution < 1.29 is 61.2 Å². The predicted octanol–water partition coefficient (Wildman–Crippen LogP) is 12.9. The molecule has 0 spiro atoms. The maximum atomic E-state index is 14.0. The SMILES string of the molecule is CCN[C@@H]1[C@H](O[Si](CC)(CC)CC)[C@H](O[C@H]2/C=C/C=C/C=C/C=C/C[C@@H](C)OC(=O)/C=C/[C@H]3O[C@@H]3C[C@H](O[Si](CC)(CC)CC)C[C@]3(O)C[C@H](O[Si](CC)(CC)CC)[C@@H](C(=O)O)[C@H](C2)O3)O[C@H](C)[C@H]1O[Si](CC)(CC)CC. The first-order valence-corrected chi connectivity index (χ1v) is 40.5. The number of allylic oxidation sites excluding steroid dienone is 6. The van der Waals surface area contributed by atoms with E-state index in [1.165, 1.54) is 6.08 Å². The van der Waals surface area contributed by atoms with Crippen LogP contribution < -0.4 is 5.32 Å². The standard InChI is InChI=1S/C59H107NO13Si4/c1-16-60-54-55(72-76(23-8,24-9)25-10)45(15)66-58(56(54)73-77(26-11,27-12)28-13)67-46-37-35-33-31-29-30-32-34-36-44(14)65-52(61)39-38-48-49(68-48)41-47(70-74(17-2,18-3)19-4)42-59(64)43-51(71-75(20-5,21-6)22-7)53(57(62)63)50(40-46)69-59/h29-35,37-39,44-51,53-56,58,60,64H,16-28,36,40-43H2,1-15H3,(H,62,63)/b30-29+,33-31+,34-32+,37-35+,39-38+/t44-,45-,46+,47+,48-,49-,50+,51+,53+,54+,55-,56+,58+,59-/m1/s1. The second kappa shape index (κ2) is 32.1. The molecule has 0 amide bonds. The third-order valence-corrected chi connectivity index (χ3v) is 36.8. The Morgan fingerprint density at radius 2 is 1.17 bits per heavy atom. The summed E-state index contributed by atoms with van der Waals surface area (Å²) in [6.07, 6.45) is 13.5. The molecular formula is C59H107NO13Si4. The fourth-order valence-corrected chi connectivity index (χ4v) is 23.6. The van der Waals surface area contributed by atoms with Crippen molar-refractivity contribution in [2.45, 2.75) is 288 Å². The van der Waals surface area contributed by atoms with Crippen molar-refractivity contribution in [1.82, 2.24) is 5.32 Å². The molecule has 4 heterocycles. The van der Waals surface area contributed by atoms with Crippen molar-refractivity contribution >= 4 is 45.2 Å². The van der Waals surface area contributed by atoms with Gasteiger partial charge in [-0.05, 0) is 99.0 Å². The highest BCUT2D eigenvalue weighted by Gasteiger charge is 2.56. The number of aliphatic hydroxyl groups is 1. The summed E-state index contributed by atoms with van der Waals surface area (Å²) in [6, 6.07) is 10.6. The van der Waals surface area contributed by atoms with Crippen LogP contribution in [0.5, 0.6) is 0 Å². The van der Waals surface area contributed by atoms with Gasteiger partial charge in [-0.15, -0.1) is 0 Å². The van der Waals surface area contributed by atoms with Crippen LogP contribution in [-0.4, -0.2) is 141 Å². The number of epoxide rings is 1. The lowest BCUT2D eigenvalue weighted by Crippen LogP contribution is -2.68. The minimum atomic E-state index is -2.48. The Bertz CT molecular complexity index is 1890. The smallest absolute Gasteiger partial charge is 0.330 e. The van der Waals surface area contributed by atoms with Crippen LogP contribution in [0.3, 0.4) is 0 Å². The summed E-state index contributed by atoms with van der Waals surface area (Å²) in [5, 5.41) is 28.5. The number of hydrogen-bond acceptors (Lipinski definition) is 13. The van der Waals surface area contributed by atoms with Crippen LogP contribution in [0.4, 0.5) is 0 Å². The molecule has 4 rings (SSSR count). The number of hydrogen-bond donors (Lipinski definition) is 3. The third kappa shape index (κ3) is 18.8. The number of carbonyl (C=O) groups is 2. The lowest BCUT2D eigenvalue weighted by atomic mass is 9.83. The van der Waals surface area contributed by atoms with Crippen LogP contribution >= 0.6 is 0 Å². The molecule has 2 bridgehead atoms. The molecule has 4 aliphatic rings. The molecule has 14 atom stereocenters. The van der Waals surface area contributed by atoms with E-state index in [1.54, 1.807) is 6.08 Å². The van der Waals surface area contributed by atoms with Gasteiger partial charge in [0, 0.05) is 38.2 Å². The number of carboxylic acids is 1. The van der Waals surface area contributed by atoms with E-state index in [4.69, 9.17) is 41.4 Å². The van der Waals surface area contributed by atoms with E-state index in [-0.39, 0.29) is 55.8 Å². The third-order valence-electron chi connectivity index (χ3n) is 18.2. The molecule has 18 heteroatoms. The number of likely N-dealkylation sites (N-methyl/N-ethyl adjacent to an activating group) is 1. The molecule has 0 unspecified atom stereocenters. The summed E-state index contributed by atoms with van der Waals surface area (Å²) in [5.74, 6) is -4.46. The summed E-state index contributed by atoms with van der Waals surface area (Å²) in [6.45, 7) is 33.1. The van der Waals surface area contributed by atoms with Gasteiger partial charge in [0.15, 0.2) is 45.3 Å². The van der Waals surface area contributed by atoms with E-state index < -0.39 is 93.7 Å². The molecule has 77 heavy (non-hydrogen) atoms. The monoisotopic (exact) mass is 1150 g/mol. The molecule has 442 valence electrons. The lowest BCUT2D eigenvalue weighted by Gasteiger charge is -2.51. The maximum absolute atomic E-state index is 14.0. The molecule has 0 saturated carbocycles. The maximum Gasteiger partial charge on any atom is 0.330 e. The average Bonchev–Trinajstić information content (AvgIpc) is 4.17. The highest BCUT2D eigenvalue weighted by molar-refractivity contribution is 6.74. The molecular weight excluding hydrogens is 1040 g/mol. The van der Waals surface area contributed by atoms with Crippen LogP contribution in [0.2, 0.25) is 72.5 Å². The summed E-state index contributed by atoms with van der Waals surface area (Å²) < 4.78 is 62.7. The van der Waals surface area contributed by atoms with Gasteiger partial charge in [-0.1, -0.05) is 139 Å². The lowest BCUT2D eigenvalue weighted by molar-refractivity contribution is -0.306. The molecule has 3 N–H and O–H groups in total. The largest absolute Gasteiger partial charge is 0.481 e. The van der Waals surface area contributed by atoms with Crippen LogP contribution in [0, 0.1) is 5.92 Å². The Balaban J connectivity index is 1.94. The highest BCUT2D eigenvalue weighted by Crippen LogP contribution is 2.44. The summed E-state index contributed by atoms with van der Waals surface area (Å²) in [7, 11) is -9.24. The van der Waals surface area contributed by atoms with E-state index in [1.807, 2.05) is 55.5 Å². The zero-order valence-electron chi connectivity index (χ0n) is 50.4. The molecule has 0 aromatic carbocycles. The number of ether oxygens (including phenoxy) is 5. The number of nitrogens with one attached hydrogen (secondary N) is 1. The normalized spacial score (nSPS) is 34.4. The van der Waals surface area contributed by atoms with Gasteiger partial charge in [0.25, 0.3) is 0 Å². The van der Waals surface area contributed by atoms with E-state index in [2.05, 4.69) is 102 Å². The van der Waals surface area contributed by atoms with Crippen molar-refractivity contribution in [3.8, 4) is 0 Å². The molecule has 0 aromatic rings. The highest BCUT2D eigenvalue weighted by atomic mass is 28.4. The fraction of sp³-hybridized carbons (Fsp3) is 0.797. The van der Waals surface area contributed by atoms with Crippen LogP contribution in [-0.2, 0) is 51.0 Å². The van der Waals surface area contributed by atoms with Gasteiger partial charge in [-0.3, -0.25) is 4.79 Å². The van der Waals surface area contributed by atoms with E-state index >= 15 is 0 Å². The second-order valence-electron chi connectivity index (χ2n) is 22.4. The summed E-state index contributed by atoms with van der Waals surface area (Å²) in [4.78, 5) is 26.9. The van der Waals surface area contributed by atoms with Crippen LogP contribution in [0.25, 0.3) is 0 Å². The molecule has 0 radical (unpaired) electrons. The quantitative estimate of drug-likeness (QED) is 0.0448. The molecule has 14 nitrogen and oxygen atoms in total. The Kier molecular flexibility index (Phi) is 28.2. The van der Waals surface area contributed by atoms with Gasteiger partial charge in [-0.2, -0.15) is 0 Å². The first-order chi connectivity index (χ1) is 36.8. The molecule has 4 aliphatic heterocycles. The van der Waals surface area contributed by atoms with Gasteiger partial charge in [0.1, 0.15) is 24.2 Å². The van der Waals surface area contributed by atoms with Gasteiger partial charge in [0.05, 0.1) is 48.8 Å². The Hall–Kier alpha value is -1.89. The van der Waals surface area contributed by atoms with Crippen molar-refractivity contribution in [3.63, 3.8) is 0 Å². The average molecular weight is 1150 g/mol. The molecule has 0 aliphatic carbocycles. The zero-order chi connectivity index (χ0) is 57.0. The number of esters is 1. The van der Waals surface area contributed by atoms with E-state index in [0.717, 1.165) is 72.5 Å². The fourth-order valence-electron chi connectivity index (χ4n) is 12.1. The minimum Gasteiger partial charge on any atom is -0.481 e. The zero-order valence-corrected chi connectivity index (χ0v) is 54.4. The van der Waals surface area contributed by atoms with Crippen molar-refractivity contribution in [2.75, 3.05) is 6.54 Å². The number of cyclic esters (lactones) is 1. The summed E-state index contributed by atoms with van der Waals surface area (Å²) in [5.41, 5.74) is 0. The Morgan fingerprint density at radius 3 is 1.71 bits per heavy atom. The Morgan fingerprint density at radius 1 is 0.649 bits per heavy atom. The van der Waals surface area contributed by atoms with Crippen molar-refractivity contribution in [2.24, 2.45) is 5.92 Å². The van der Waals surface area contributed by atoms with Gasteiger partial charge in [0.2, 0.25) is 0 Å². The van der Waals surface area contributed by atoms with Crippen LogP contribution in [0.15, 0.2) is 60.8 Å². The number of carboxylic acid groups (broad SMARTS) is 1. The number of aliphatic carboxylic acids is 1. The summed E-state index contributed by atoms with van der Waals surface area (Å²) >= 11 is 0. The van der Waals surface area contributed by atoms with Gasteiger partial charge < -0.3 is 56.9 Å².